The van der Waals surface area contributed by atoms with Gasteiger partial charge in [0.2, 0.25) is 5.91 Å². The molecule has 1 amide bonds. The minimum absolute atomic E-state index is 0.0426. The van der Waals surface area contributed by atoms with Crippen molar-refractivity contribution in [2.45, 2.75) is 39.8 Å². The van der Waals surface area contributed by atoms with E-state index in [-0.39, 0.29) is 18.5 Å². The molecule has 0 fully saturated rings. The molecular weight excluding hydrogens is 242 g/mol. The molecule has 0 radical (unpaired) electrons. The Balaban J connectivity index is 2.88. The molecule has 0 aromatic carbocycles. The number of nitrogens with one attached hydrogen (secondary N) is 1. The molecule has 1 aromatic heterocycles. The maximum absolute atomic E-state index is 11.8. The summed E-state index contributed by atoms with van der Waals surface area (Å²) in [6.45, 7) is 8.41. The quantitative estimate of drug-likeness (QED) is 0.818. The van der Waals surface area contributed by atoms with E-state index in [0.29, 0.717) is 12.4 Å². The van der Waals surface area contributed by atoms with Gasteiger partial charge >= 0.3 is 0 Å². The lowest BCUT2D eigenvalue weighted by Gasteiger charge is -2.25. The van der Waals surface area contributed by atoms with Crippen LogP contribution in [0.1, 0.15) is 39.4 Å². The Hall–Kier alpha value is -1.62. The highest BCUT2D eigenvalue weighted by Crippen LogP contribution is 2.23. The Bertz CT molecular complexity index is 419. The predicted molar refractivity (Wildman–Crippen MR) is 76.0 cm³/mol. The Morgan fingerprint density at radius 3 is 2.68 bits per heavy atom. The fraction of sp³-hybridized carbons (Fsp3) is 0.571. The molecule has 106 valence electrons. The van der Waals surface area contributed by atoms with Crippen molar-refractivity contribution < 1.29 is 9.90 Å². The number of carbonyl (C=O) groups is 1. The number of hydrogen-bond acceptors (Lipinski definition) is 4. The zero-order chi connectivity index (χ0) is 14.4. The monoisotopic (exact) mass is 265 g/mol. The number of nitrogens with zero attached hydrogens (tertiary/aromatic N) is 2. The van der Waals surface area contributed by atoms with E-state index in [1.807, 2.05) is 31.7 Å². The Labute approximate surface area is 114 Å². The van der Waals surface area contributed by atoms with E-state index in [9.17, 15) is 9.90 Å². The number of likely N-dealkylation sites (N-methyl/N-ethyl adjacent to an activating group) is 1. The fourth-order valence-corrected chi connectivity index (χ4v) is 1.88. The summed E-state index contributed by atoms with van der Waals surface area (Å²) in [7, 11) is 0. The number of carbonyl (C=O) groups excluding carboxylic acids is 1. The lowest BCUT2D eigenvalue weighted by atomic mass is 10.1. The first-order valence-electron chi connectivity index (χ1n) is 6.63. The highest BCUT2D eigenvalue weighted by Gasteiger charge is 2.17. The van der Waals surface area contributed by atoms with Gasteiger partial charge < -0.3 is 15.3 Å². The van der Waals surface area contributed by atoms with Gasteiger partial charge in [-0.25, -0.2) is 4.98 Å². The Morgan fingerprint density at radius 2 is 2.16 bits per heavy atom. The molecule has 1 heterocycles. The van der Waals surface area contributed by atoms with Gasteiger partial charge in [0, 0.05) is 24.3 Å². The molecule has 5 heteroatoms. The van der Waals surface area contributed by atoms with Crippen LogP contribution in [0.15, 0.2) is 18.3 Å². The van der Waals surface area contributed by atoms with Crippen LogP contribution in [0.5, 0.6) is 0 Å². The van der Waals surface area contributed by atoms with Crippen molar-refractivity contribution in [3.63, 3.8) is 0 Å². The van der Waals surface area contributed by atoms with Crippen molar-refractivity contribution in [2.75, 3.05) is 18.0 Å². The van der Waals surface area contributed by atoms with Crippen LogP contribution < -0.4 is 10.2 Å². The third kappa shape index (κ3) is 4.52. The van der Waals surface area contributed by atoms with E-state index < -0.39 is 6.10 Å². The second-order valence-electron chi connectivity index (χ2n) is 4.83. The molecular formula is C14H23N3O2. The summed E-state index contributed by atoms with van der Waals surface area (Å²) in [6, 6.07) is 3.73. The fourth-order valence-electron chi connectivity index (χ4n) is 1.88. The van der Waals surface area contributed by atoms with Gasteiger partial charge in [-0.3, -0.25) is 4.79 Å². The second kappa shape index (κ2) is 7.09. The van der Waals surface area contributed by atoms with Crippen LogP contribution in [-0.2, 0) is 4.79 Å². The molecule has 1 atom stereocenters. The second-order valence-corrected chi connectivity index (χ2v) is 4.83. The first-order valence-corrected chi connectivity index (χ1v) is 6.63. The first kappa shape index (κ1) is 15.4. The average Bonchev–Trinajstić information content (AvgIpc) is 2.35. The van der Waals surface area contributed by atoms with Crippen LogP contribution in [0.25, 0.3) is 0 Å². The minimum atomic E-state index is -0.606. The van der Waals surface area contributed by atoms with Crippen LogP contribution in [0.3, 0.4) is 0 Å². The van der Waals surface area contributed by atoms with E-state index in [1.165, 1.54) is 0 Å². The summed E-state index contributed by atoms with van der Waals surface area (Å²) < 4.78 is 0. The van der Waals surface area contributed by atoms with Gasteiger partial charge in [0.15, 0.2) is 0 Å². The first-order chi connectivity index (χ1) is 8.95. The molecule has 0 saturated heterocycles. The molecule has 1 rings (SSSR count). The summed E-state index contributed by atoms with van der Waals surface area (Å²) in [5.41, 5.74) is 0.738. The predicted octanol–water partition coefficient (Wildman–Crippen LogP) is 1.49. The lowest BCUT2D eigenvalue weighted by Crippen LogP contribution is -2.40. The standard InChI is InChI=1S/C14H23N3O2/c1-5-17(9-13(19)16-10(2)3)14-12(11(4)18)7-6-8-15-14/h6-8,10-11,18H,5,9H2,1-4H3,(H,16,19)/t11-/m0/s1. The zero-order valence-corrected chi connectivity index (χ0v) is 12.1. The summed E-state index contributed by atoms with van der Waals surface area (Å²) in [5.74, 6) is 0.623. The van der Waals surface area contributed by atoms with Gasteiger partial charge in [0.25, 0.3) is 0 Å². The maximum atomic E-state index is 11.8. The third-order valence-corrected chi connectivity index (χ3v) is 2.73. The van der Waals surface area contributed by atoms with Gasteiger partial charge in [0.05, 0.1) is 12.6 Å². The third-order valence-electron chi connectivity index (χ3n) is 2.73. The normalized spacial score (nSPS) is 12.3. The van der Waals surface area contributed by atoms with Crippen LogP contribution in [0.2, 0.25) is 0 Å². The molecule has 0 aliphatic heterocycles. The Morgan fingerprint density at radius 1 is 1.47 bits per heavy atom. The molecule has 0 bridgehead atoms. The van der Waals surface area contributed by atoms with Gasteiger partial charge in [-0.2, -0.15) is 0 Å². The molecule has 0 saturated carbocycles. The smallest absolute Gasteiger partial charge is 0.239 e. The van der Waals surface area contributed by atoms with Gasteiger partial charge in [0.1, 0.15) is 5.82 Å². The van der Waals surface area contributed by atoms with Crippen LogP contribution >= 0.6 is 0 Å². The van der Waals surface area contributed by atoms with Gasteiger partial charge in [-0.15, -0.1) is 0 Å². The van der Waals surface area contributed by atoms with Crippen molar-refractivity contribution in [3.8, 4) is 0 Å². The number of rotatable bonds is 6. The van der Waals surface area contributed by atoms with E-state index >= 15 is 0 Å². The molecule has 19 heavy (non-hydrogen) atoms. The maximum Gasteiger partial charge on any atom is 0.239 e. The molecule has 0 aliphatic carbocycles. The SMILES string of the molecule is CCN(CC(=O)NC(C)C)c1ncccc1[C@H](C)O. The summed E-state index contributed by atoms with van der Waals surface area (Å²) in [5, 5.41) is 12.6. The van der Waals surface area contributed by atoms with Crippen molar-refractivity contribution in [1.82, 2.24) is 10.3 Å². The number of aliphatic hydroxyl groups is 1. The number of anilines is 1. The largest absolute Gasteiger partial charge is 0.389 e. The number of pyridine rings is 1. The molecule has 0 unspecified atom stereocenters. The van der Waals surface area contributed by atoms with Crippen molar-refractivity contribution in [2.24, 2.45) is 0 Å². The molecule has 2 N–H and O–H groups in total. The zero-order valence-electron chi connectivity index (χ0n) is 12.1. The van der Waals surface area contributed by atoms with Crippen molar-refractivity contribution in [1.29, 1.82) is 0 Å². The van der Waals surface area contributed by atoms with Crippen LogP contribution in [0, 0.1) is 0 Å². The summed E-state index contributed by atoms with van der Waals surface area (Å²) >= 11 is 0. The summed E-state index contributed by atoms with van der Waals surface area (Å²) in [4.78, 5) is 18.0. The van der Waals surface area contributed by atoms with E-state index in [1.54, 1.807) is 19.2 Å². The van der Waals surface area contributed by atoms with Crippen molar-refractivity contribution >= 4 is 11.7 Å². The molecule has 1 aromatic rings. The van der Waals surface area contributed by atoms with Gasteiger partial charge in [-0.1, -0.05) is 6.07 Å². The van der Waals surface area contributed by atoms with Crippen molar-refractivity contribution in [3.05, 3.63) is 23.9 Å². The Kier molecular flexibility index (Phi) is 5.76. The number of amides is 1. The molecule has 0 aliphatic rings. The number of aromatic nitrogens is 1. The van der Waals surface area contributed by atoms with Gasteiger partial charge in [-0.05, 0) is 33.8 Å². The van der Waals surface area contributed by atoms with E-state index in [0.717, 1.165) is 5.56 Å². The number of hydrogen-bond donors (Lipinski definition) is 2. The topological polar surface area (TPSA) is 65.5 Å². The molecule has 0 spiro atoms. The number of aliphatic hydroxyl groups excluding tert-OH is 1. The van der Waals surface area contributed by atoms with E-state index in [4.69, 9.17) is 0 Å². The lowest BCUT2D eigenvalue weighted by molar-refractivity contribution is -0.120. The van der Waals surface area contributed by atoms with Crippen LogP contribution in [0.4, 0.5) is 5.82 Å². The average molecular weight is 265 g/mol. The van der Waals surface area contributed by atoms with Crippen LogP contribution in [-0.4, -0.2) is 35.1 Å². The summed E-state index contributed by atoms with van der Waals surface area (Å²) in [6.07, 6.45) is 1.07. The van der Waals surface area contributed by atoms with E-state index in [2.05, 4.69) is 10.3 Å². The highest BCUT2D eigenvalue weighted by atomic mass is 16.3. The molecule has 5 nitrogen and oxygen atoms in total. The highest BCUT2D eigenvalue weighted by molar-refractivity contribution is 5.81. The minimum Gasteiger partial charge on any atom is -0.389 e.